The number of carbonyl (C=O) groups excluding carboxylic acids is 1. The summed E-state index contributed by atoms with van der Waals surface area (Å²) in [7, 11) is 0. The summed E-state index contributed by atoms with van der Waals surface area (Å²) in [6, 6.07) is 6.16. The highest BCUT2D eigenvalue weighted by molar-refractivity contribution is 5.95. The molecule has 0 bridgehead atoms. The van der Waals surface area contributed by atoms with E-state index in [1.165, 1.54) is 0 Å². The summed E-state index contributed by atoms with van der Waals surface area (Å²) in [4.78, 5) is 26.0. The molecule has 1 aromatic heterocycles. The van der Waals surface area contributed by atoms with Crippen LogP contribution in [-0.4, -0.2) is 44.8 Å². The average Bonchev–Trinajstić information content (AvgIpc) is 2.97. The maximum absolute atomic E-state index is 13.0. The summed E-state index contributed by atoms with van der Waals surface area (Å²) in [6.07, 6.45) is 2.11. The van der Waals surface area contributed by atoms with Gasteiger partial charge in [-0.3, -0.25) is 9.59 Å². The number of aryl methyl sites for hydroxylation is 2. The molecule has 1 N–H and O–H groups in total. The van der Waals surface area contributed by atoms with Crippen molar-refractivity contribution in [1.29, 1.82) is 0 Å². The van der Waals surface area contributed by atoms with Crippen molar-refractivity contribution in [3.05, 3.63) is 46.8 Å². The van der Waals surface area contributed by atoms with E-state index < -0.39 is 5.97 Å². The molecule has 2 unspecified atom stereocenters. The highest BCUT2D eigenvalue weighted by Crippen LogP contribution is 2.26. The fourth-order valence-corrected chi connectivity index (χ4v) is 3.68. The molecule has 0 saturated carbocycles. The van der Waals surface area contributed by atoms with E-state index in [-0.39, 0.29) is 17.7 Å². The van der Waals surface area contributed by atoms with Gasteiger partial charge in [-0.15, -0.1) is 0 Å². The molecule has 2 heterocycles. The largest absolute Gasteiger partial charge is 0.481 e. The second-order valence-electron chi connectivity index (χ2n) is 7.31. The number of benzene rings is 1. The predicted molar refractivity (Wildman–Crippen MR) is 98.6 cm³/mol. The number of aromatic nitrogens is 2. The Hall–Kier alpha value is -2.63. The molecule has 1 saturated heterocycles. The molecule has 1 aliphatic rings. The number of carboxylic acid groups (broad SMARTS) is 1. The Morgan fingerprint density at radius 3 is 2.62 bits per heavy atom. The maximum Gasteiger partial charge on any atom is 0.306 e. The lowest BCUT2D eigenvalue weighted by Crippen LogP contribution is -2.45. The van der Waals surface area contributed by atoms with Crippen LogP contribution in [0.3, 0.4) is 0 Å². The van der Waals surface area contributed by atoms with Gasteiger partial charge in [-0.1, -0.05) is 19.1 Å². The number of carbonyl (C=O) groups is 2. The number of hydrogen-bond donors (Lipinski definition) is 1. The lowest BCUT2D eigenvalue weighted by Gasteiger charge is -2.34. The molecule has 138 valence electrons. The molecule has 1 aromatic carbocycles. The van der Waals surface area contributed by atoms with E-state index in [1.807, 2.05) is 38.4 Å². The first-order valence-electron chi connectivity index (χ1n) is 8.94. The lowest BCUT2D eigenvalue weighted by atomic mass is 9.87. The predicted octanol–water partition coefficient (Wildman–Crippen LogP) is 2.98. The number of nitrogens with zero attached hydrogens (tertiary/aromatic N) is 3. The molecule has 0 spiro atoms. The summed E-state index contributed by atoms with van der Waals surface area (Å²) >= 11 is 0. The van der Waals surface area contributed by atoms with Crippen LogP contribution in [0.25, 0.3) is 5.69 Å². The Kier molecular flexibility index (Phi) is 4.85. The number of hydrogen-bond acceptors (Lipinski definition) is 3. The van der Waals surface area contributed by atoms with Crippen molar-refractivity contribution in [1.82, 2.24) is 14.7 Å². The third kappa shape index (κ3) is 3.23. The van der Waals surface area contributed by atoms with Crippen LogP contribution in [0.4, 0.5) is 0 Å². The topological polar surface area (TPSA) is 75.4 Å². The molecule has 26 heavy (non-hydrogen) atoms. The Morgan fingerprint density at radius 2 is 1.96 bits per heavy atom. The third-order valence-electron chi connectivity index (χ3n) is 5.34. The molecule has 2 aromatic rings. The van der Waals surface area contributed by atoms with Gasteiger partial charge in [0.2, 0.25) is 0 Å². The van der Waals surface area contributed by atoms with E-state index in [1.54, 1.807) is 11.1 Å². The minimum absolute atomic E-state index is 0.0560. The van der Waals surface area contributed by atoms with E-state index in [4.69, 9.17) is 0 Å². The van der Waals surface area contributed by atoms with Gasteiger partial charge in [-0.05, 0) is 50.3 Å². The standard InChI is InChI=1S/C20H25N3O3/c1-12-5-6-13(2)18(9-12)23-15(4)17(10-21-23)19(24)22-8-7-16(20(25)26)14(3)11-22/h5-6,9-10,14,16H,7-8,11H2,1-4H3,(H,25,26). The summed E-state index contributed by atoms with van der Waals surface area (Å²) in [6.45, 7) is 8.77. The minimum atomic E-state index is -0.775. The molecule has 6 nitrogen and oxygen atoms in total. The zero-order chi connectivity index (χ0) is 19.0. The van der Waals surface area contributed by atoms with Crippen LogP contribution < -0.4 is 0 Å². The van der Waals surface area contributed by atoms with Crippen molar-refractivity contribution in [2.45, 2.75) is 34.1 Å². The summed E-state index contributed by atoms with van der Waals surface area (Å²) in [5, 5.41) is 13.7. The molecule has 2 atom stereocenters. The zero-order valence-corrected chi connectivity index (χ0v) is 15.7. The Labute approximate surface area is 153 Å². The Morgan fingerprint density at radius 1 is 1.23 bits per heavy atom. The van der Waals surface area contributed by atoms with E-state index in [2.05, 4.69) is 17.2 Å². The van der Waals surface area contributed by atoms with Crippen molar-refractivity contribution in [3.63, 3.8) is 0 Å². The average molecular weight is 355 g/mol. The Bertz CT molecular complexity index is 856. The van der Waals surface area contributed by atoms with Crippen molar-refractivity contribution >= 4 is 11.9 Å². The van der Waals surface area contributed by atoms with Crippen molar-refractivity contribution in [3.8, 4) is 5.69 Å². The van der Waals surface area contributed by atoms with Crippen molar-refractivity contribution in [2.24, 2.45) is 11.8 Å². The Balaban J connectivity index is 1.85. The lowest BCUT2D eigenvalue weighted by molar-refractivity contribution is -0.145. The fourth-order valence-electron chi connectivity index (χ4n) is 3.68. The van der Waals surface area contributed by atoms with Crippen molar-refractivity contribution < 1.29 is 14.7 Å². The van der Waals surface area contributed by atoms with Gasteiger partial charge in [0, 0.05) is 13.1 Å². The molecule has 1 amide bonds. The minimum Gasteiger partial charge on any atom is -0.481 e. The number of piperidine rings is 1. The van der Waals surface area contributed by atoms with Crippen LogP contribution in [0.1, 0.15) is 40.5 Å². The van der Waals surface area contributed by atoms with Crippen LogP contribution >= 0.6 is 0 Å². The SMILES string of the molecule is Cc1ccc(C)c(-n2ncc(C(=O)N3CCC(C(=O)O)C(C)C3)c2C)c1. The molecule has 0 radical (unpaired) electrons. The van der Waals surface area contributed by atoms with Gasteiger partial charge in [0.15, 0.2) is 0 Å². The van der Waals surface area contributed by atoms with Crippen molar-refractivity contribution in [2.75, 3.05) is 13.1 Å². The quantitative estimate of drug-likeness (QED) is 0.918. The highest BCUT2D eigenvalue weighted by atomic mass is 16.4. The van der Waals surface area contributed by atoms with Gasteiger partial charge in [0.1, 0.15) is 0 Å². The van der Waals surface area contributed by atoms with Gasteiger partial charge in [0.05, 0.1) is 29.1 Å². The second kappa shape index (κ2) is 6.94. The highest BCUT2D eigenvalue weighted by Gasteiger charge is 2.34. The van der Waals surface area contributed by atoms with E-state index in [0.717, 1.165) is 22.5 Å². The molecular weight excluding hydrogens is 330 g/mol. The maximum atomic E-state index is 13.0. The van der Waals surface area contributed by atoms with Gasteiger partial charge in [0.25, 0.3) is 5.91 Å². The van der Waals surface area contributed by atoms with Crippen LogP contribution in [0.15, 0.2) is 24.4 Å². The molecule has 1 fully saturated rings. The number of amides is 1. The molecule has 0 aliphatic carbocycles. The van der Waals surface area contributed by atoms with Crippen LogP contribution in [0.5, 0.6) is 0 Å². The van der Waals surface area contributed by atoms with Gasteiger partial charge >= 0.3 is 5.97 Å². The number of likely N-dealkylation sites (tertiary alicyclic amines) is 1. The van der Waals surface area contributed by atoms with E-state index >= 15 is 0 Å². The fraction of sp³-hybridized carbons (Fsp3) is 0.450. The normalized spacial score (nSPS) is 20.2. The zero-order valence-electron chi connectivity index (χ0n) is 15.7. The third-order valence-corrected chi connectivity index (χ3v) is 5.34. The molecular formula is C20H25N3O3. The van der Waals surface area contributed by atoms with Crippen LogP contribution in [-0.2, 0) is 4.79 Å². The van der Waals surface area contributed by atoms with Gasteiger partial charge in [-0.2, -0.15) is 5.10 Å². The first-order valence-corrected chi connectivity index (χ1v) is 8.94. The smallest absolute Gasteiger partial charge is 0.306 e. The number of aliphatic carboxylic acids is 1. The van der Waals surface area contributed by atoms with Gasteiger partial charge < -0.3 is 10.0 Å². The number of carboxylic acids is 1. The first kappa shape index (κ1) is 18.2. The van der Waals surface area contributed by atoms with E-state index in [0.29, 0.717) is 25.1 Å². The monoisotopic (exact) mass is 355 g/mol. The van der Waals surface area contributed by atoms with Crippen LogP contribution in [0.2, 0.25) is 0 Å². The molecule has 3 rings (SSSR count). The first-order chi connectivity index (χ1) is 12.3. The van der Waals surface area contributed by atoms with Gasteiger partial charge in [-0.25, -0.2) is 4.68 Å². The summed E-state index contributed by atoms with van der Waals surface area (Å²) in [5.74, 6) is -1.28. The van der Waals surface area contributed by atoms with E-state index in [9.17, 15) is 14.7 Å². The second-order valence-corrected chi connectivity index (χ2v) is 7.31. The van der Waals surface area contributed by atoms with Crippen LogP contribution in [0, 0.1) is 32.6 Å². The summed E-state index contributed by atoms with van der Waals surface area (Å²) in [5.41, 5.74) is 4.58. The molecule has 6 heteroatoms. The summed E-state index contributed by atoms with van der Waals surface area (Å²) < 4.78 is 1.81. The molecule has 1 aliphatic heterocycles. The number of rotatable bonds is 3.